The van der Waals surface area contributed by atoms with Gasteiger partial charge in [-0.2, -0.15) is 0 Å². The van der Waals surface area contributed by atoms with Crippen molar-refractivity contribution in [3.8, 4) is 0 Å². The normalized spacial score (nSPS) is 10.9. The van der Waals surface area contributed by atoms with E-state index >= 15 is 0 Å². The SMILES string of the molecule is CCN(c1ccccc1)c1ccc2nc(CN)cn2n1. The van der Waals surface area contributed by atoms with Gasteiger partial charge in [0, 0.05) is 18.8 Å². The number of nitrogens with two attached hydrogens (primary N) is 1. The van der Waals surface area contributed by atoms with Crippen LogP contribution in [-0.4, -0.2) is 21.1 Å². The molecule has 0 radical (unpaired) electrons. The van der Waals surface area contributed by atoms with Gasteiger partial charge in [-0.3, -0.25) is 0 Å². The van der Waals surface area contributed by atoms with Gasteiger partial charge in [0.1, 0.15) is 0 Å². The van der Waals surface area contributed by atoms with Crippen LogP contribution in [0.3, 0.4) is 0 Å². The van der Waals surface area contributed by atoms with Crippen molar-refractivity contribution in [1.29, 1.82) is 0 Å². The molecule has 5 nitrogen and oxygen atoms in total. The highest BCUT2D eigenvalue weighted by atomic mass is 15.3. The summed E-state index contributed by atoms with van der Waals surface area (Å²) in [5, 5.41) is 4.62. The highest BCUT2D eigenvalue weighted by Crippen LogP contribution is 2.22. The Bertz CT molecular complexity index is 705. The van der Waals surface area contributed by atoms with Crippen LogP contribution in [0.15, 0.2) is 48.7 Å². The molecule has 0 saturated heterocycles. The topological polar surface area (TPSA) is 59.5 Å². The van der Waals surface area contributed by atoms with Crippen LogP contribution < -0.4 is 10.6 Å². The number of imidazole rings is 1. The lowest BCUT2D eigenvalue weighted by Crippen LogP contribution is -2.18. The van der Waals surface area contributed by atoms with E-state index in [2.05, 4.69) is 34.0 Å². The minimum Gasteiger partial charge on any atom is -0.325 e. The lowest BCUT2D eigenvalue weighted by Gasteiger charge is -2.21. The van der Waals surface area contributed by atoms with Crippen LogP contribution in [0.2, 0.25) is 0 Å². The van der Waals surface area contributed by atoms with Gasteiger partial charge in [-0.1, -0.05) is 18.2 Å². The van der Waals surface area contributed by atoms with Gasteiger partial charge in [-0.05, 0) is 31.2 Å². The molecule has 0 atom stereocenters. The summed E-state index contributed by atoms with van der Waals surface area (Å²) in [6, 6.07) is 14.2. The molecule has 3 rings (SSSR count). The van der Waals surface area contributed by atoms with Crippen LogP contribution in [-0.2, 0) is 6.54 Å². The minimum absolute atomic E-state index is 0.425. The van der Waals surface area contributed by atoms with E-state index in [9.17, 15) is 0 Å². The van der Waals surface area contributed by atoms with E-state index in [-0.39, 0.29) is 0 Å². The third-order valence-corrected chi connectivity index (χ3v) is 3.23. The van der Waals surface area contributed by atoms with Gasteiger partial charge >= 0.3 is 0 Å². The Balaban J connectivity index is 2.03. The van der Waals surface area contributed by atoms with E-state index in [4.69, 9.17) is 5.73 Å². The highest BCUT2D eigenvalue weighted by Gasteiger charge is 2.10. The zero-order valence-electron chi connectivity index (χ0n) is 11.4. The summed E-state index contributed by atoms with van der Waals surface area (Å²) in [7, 11) is 0. The predicted octanol–water partition coefficient (Wildman–Crippen LogP) is 2.35. The zero-order chi connectivity index (χ0) is 13.9. The zero-order valence-corrected chi connectivity index (χ0v) is 11.4. The quantitative estimate of drug-likeness (QED) is 0.788. The third-order valence-electron chi connectivity index (χ3n) is 3.23. The fourth-order valence-electron chi connectivity index (χ4n) is 2.25. The molecule has 0 saturated carbocycles. The lowest BCUT2D eigenvalue weighted by atomic mass is 10.3. The monoisotopic (exact) mass is 267 g/mol. The Morgan fingerprint density at radius 2 is 1.95 bits per heavy atom. The van der Waals surface area contributed by atoms with Crippen LogP contribution in [0.5, 0.6) is 0 Å². The summed E-state index contributed by atoms with van der Waals surface area (Å²) < 4.78 is 1.78. The van der Waals surface area contributed by atoms with E-state index in [1.807, 2.05) is 36.5 Å². The number of nitrogens with zero attached hydrogens (tertiary/aromatic N) is 4. The van der Waals surface area contributed by atoms with Crippen molar-refractivity contribution in [2.75, 3.05) is 11.4 Å². The van der Waals surface area contributed by atoms with Gasteiger partial charge in [0.15, 0.2) is 11.5 Å². The first-order valence-electron chi connectivity index (χ1n) is 6.70. The van der Waals surface area contributed by atoms with E-state index in [0.717, 1.165) is 29.4 Å². The molecular weight excluding hydrogens is 250 g/mol. The van der Waals surface area contributed by atoms with Gasteiger partial charge in [-0.25, -0.2) is 9.50 Å². The van der Waals surface area contributed by atoms with E-state index in [1.165, 1.54) is 0 Å². The predicted molar refractivity (Wildman–Crippen MR) is 80.0 cm³/mol. The van der Waals surface area contributed by atoms with Gasteiger partial charge in [0.2, 0.25) is 0 Å². The smallest absolute Gasteiger partial charge is 0.154 e. The first kappa shape index (κ1) is 12.6. The minimum atomic E-state index is 0.425. The summed E-state index contributed by atoms with van der Waals surface area (Å²) in [5.41, 5.74) is 8.40. The molecule has 0 amide bonds. The molecule has 0 fully saturated rings. The van der Waals surface area contributed by atoms with E-state index in [1.54, 1.807) is 4.52 Å². The number of fused-ring (bicyclic) bond motifs is 1. The second-order valence-corrected chi connectivity index (χ2v) is 4.51. The Hall–Kier alpha value is -2.40. The van der Waals surface area contributed by atoms with Gasteiger partial charge in [-0.15, -0.1) is 5.10 Å². The summed E-state index contributed by atoms with van der Waals surface area (Å²) in [6.45, 7) is 3.38. The molecule has 0 aliphatic carbocycles. The summed E-state index contributed by atoms with van der Waals surface area (Å²) in [6.07, 6.45) is 1.87. The average Bonchev–Trinajstić information content (AvgIpc) is 2.91. The Morgan fingerprint density at radius 1 is 1.15 bits per heavy atom. The average molecular weight is 267 g/mol. The maximum atomic E-state index is 5.61. The number of hydrogen-bond acceptors (Lipinski definition) is 4. The Labute approximate surface area is 117 Å². The first-order chi connectivity index (χ1) is 9.81. The van der Waals surface area contributed by atoms with Crippen LogP contribution in [0.25, 0.3) is 5.65 Å². The molecule has 2 heterocycles. The fraction of sp³-hybridized carbons (Fsp3) is 0.200. The first-order valence-corrected chi connectivity index (χ1v) is 6.70. The van der Waals surface area contributed by atoms with E-state index < -0.39 is 0 Å². The van der Waals surface area contributed by atoms with Gasteiger partial charge in [0.05, 0.1) is 11.9 Å². The summed E-state index contributed by atoms with van der Waals surface area (Å²) in [4.78, 5) is 6.54. The molecular formula is C15H17N5. The molecule has 0 spiro atoms. The fourth-order valence-corrected chi connectivity index (χ4v) is 2.25. The number of anilines is 2. The molecule has 0 unspecified atom stereocenters. The van der Waals surface area contributed by atoms with Crippen LogP contribution in [0, 0.1) is 0 Å². The maximum absolute atomic E-state index is 5.61. The summed E-state index contributed by atoms with van der Waals surface area (Å²) >= 11 is 0. The third kappa shape index (κ3) is 2.23. The maximum Gasteiger partial charge on any atom is 0.154 e. The number of benzene rings is 1. The van der Waals surface area contributed by atoms with Crippen molar-refractivity contribution in [2.24, 2.45) is 5.73 Å². The van der Waals surface area contributed by atoms with Crippen molar-refractivity contribution in [1.82, 2.24) is 14.6 Å². The molecule has 2 N–H and O–H groups in total. The molecule has 0 aliphatic heterocycles. The molecule has 1 aromatic carbocycles. The van der Waals surface area contributed by atoms with Gasteiger partial charge < -0.3 is 10.6 Å². The van der Waals surface area contributed by atoms with Crippen molar-refractivity contribution < 1.29 is 0 Å². The number of aromatic nitrogens is 3. The molecule has 0 bridgehead atoms. The second-order valence-electron chi connectivity index (χ2n) is 4.51. The van der Waals surface area contributed by atoms with Crippen LogP contribution in [0.1, 0.15) is 12.6 Å². The molecule has 20 heavy (non-hydrogen) atoms. The molecule has 0 aliphatic rings. The summed E-state index contributed by atoms with van der Waals surface area (Å²) in [5.74, 6) is 0.896. The van der Waals surface area contributed by atoms with Crippen LogP contribution in [0.4, 0.5) is 11.5 Å². The van der Waals surface area contributed by atoms with Crippen molar-refractivity contribution >= 4 is 17.2 Å². The Kier molecular flexibility index (Phi) is 3.35. The second kappa shape index (κ2) is 5.30. The lowest BCUT2D eigenvalue weighted by molar-refractivity contribution is 0.883. The Morgan fingerprint density at radius 3 is 2.65 bits per heavy atom. The molecule has 3 aromatic rings. The van der Waals surface area contributed by atoms with Crippen molar-refractivity contribution in [3.63, 3.8) is 0 Å². The van der Waals surface area contributed by atoms with E-state index in [0.29, 0.717) is 6.54 Å². The highest BCUT2D eigenvalue weighted by molar-refractivity contribution is 5.60. The number of hydrogen-bond donors (Lipinski definition) is 1. The number of para-hydroxylation sites is 1. The standard InChI is InChI=1S/C15H17N5/c1-2-19(13-6-4-3-5-7-13)15-9-8-14-17-12(10-16)11-20(14)18-15/h3-9,11H,2,10,16H2,1H3. The van der Waals surface area contributed by atoms with Crippen molar-refractivity contribution in [2.45, 2.75) is 13.5 Å². The largest absolute Gasteiger partial charge is 0.325 e. The molecule has 2 aromatic heterocycles. The molecule has 5 heteroatoms. The van der Waals surface area contributed by atoms with Crippen LogP contribution >= 0.6 is 0 Å². The number of rotatable bonds is 4. The molecule has 102 valence electrons. The van der Waals surface area contributed by atoms with Crippen molar-refractivity contribution in [3.05, 3.63) is 54.4 Å². The van der Waals surface area contributed by atoms with Gasteiger partial charge in [0.25, 0.3) is 0 Å².